The molecule has 80 valence electrons. The average Bonchev–Trinajstić information content (AvgIpc) is 2.88. The van der Waals surface area contributed by atoms with Gasteiger partial charge < -0.3 is 4.90 Å². The number of carbonyl (C=O) groups excluding carboxylic acids is 1. The Morgan fingerprint density at radius 3 is 2.73 bits per heavy atom. The molecule has 2 aliphatic rings. The second kappa shape index (κ2) is 2.86. The summed E-state index contributed by atoms with van der Waals surface area (Å²) in [6.45, 7) is 2.94. The first kappa shape index (κ1) is 9.85. The third-order valence-corrected chi connectivity index (χ3v) is 5.93. The van der Waals surface area contributed by atoms with Gasteiger partial charge in [0.25, 0.3) is 5.91 Å². The maximum Gasteiger partial charge on any atom is 0.255 e. The van der Waals surface area contributed by atoms with Crippen molar-refractivity contribution < 1.29 is 4.79 Å². The summed E-state index contributed by atoms with van der Waals surface area (Å²) in [5.41, 5.74) is 2.41. The van der Waals surface area contributed by atoms with E-state index >= 15 is 0 Å². The number of carbonyl (C=O) groups is 1. The first-order chi connectivity index (χ1) is 7.05. The molecule has 0 bridgehead atoms. The van der Waals surface area contributed by atoms with Crippen LogP contribution in [0.1, 0.15) is 33.6 Å². The van der Waals surface area contributed by atoms with Gasteiger partial charge in [-0.3, -0.25) is 4.79 Å². The highest BCUT2D eigenvalue weighted by Crippen LogP contribution is 2.56. The van der Waals surface area contributed by atoms with Gasteiger partial charge in [0.2, 0.25) is 0 Å². The maximum absolute atomic E-state index is 12.1. The summed E-state index contributed by atoms with van der Waals surface area (Å²) in [6, 6.07) is 0. The van der Waals surface area contributed by atoms with Crippen molar-refractivity contribution in [1.82, 2.24) is 4.90 Å². The lowest BCUT2D eigenvalue weighted by Crippen LogP contribution is -2.40. The van der Waals surface area contributed by atoms with Gasteiger partial charge in [-0.1, -0.05) is 0 Å². The fraction of sp³-hybridized carbons (Fsp3) is 0.545. The van der Waals surface area contributed by atoms with E-state index in [1.54, 1.807) is 11.3 Å². The molecule has 0 atom stereocenters. The summed E-state index contributed by atoms with van der Waals surface area (Å²) in [5, 5.41) is 0. The van der Waals surface area contributed by atoms with E-state index < -0.39 is 0 Å². The second-order valence-corrected chi connectivity index (χ2v) is 6.98. The van der Waals surface area contributed by atoms with Crippen molar-refractivity contribution in [2.24, 2.45) is 0 Å². The molecule has 0 radical (unpaired) electrons. The van der Waals surface area contributed by atoms with Crippen LogP contribution in [0.25, 0.3) is 0 Å². The van der Waals surface area contributed by atoms with Gasteiger partial charge in [-0.15, -0.1) is 11.3 Å². The molecule has 1 fully saturated rings. The Morgan fingerprint density at radius 2 is 2.13 bits per heavy atom. The van der Waals surface area contributed by atoms with Crippen LogP contribution in [0, 0.1) is 6.92 Å². The Balaban J connectivity index is 2.25. The smallest absolute Gasteiger partial charge is 0.255 e. The van der Waals surface area contributed by atoms with Gasteiger partial charge >= 0.3 is 0 Å². The SMILES string of the molecule is Cc1c(Br)sc2c1C(=O)N(C)CC21CC1. The zero-order valence-corrected chi connectivity index (χ0v) is 11.2. The number of rotatable bonds is 0. The molecule has 1 saturated carbocycles. The number of nitrogens with zero attached hydrogens (tertiary/aromatic N) is 1. The zero-order valence-electron chi connectivity index (χ0n) is 8.76. The standard InChI is InChI=1S/C11H12BrNOS/c1-6-7-8(15-9(6)12)11(3-4-11)5-13(2)10(7)14/h3-5H2,1-2H3. The van der Waals surface area contributed by atoms with Gasteiger partial charge in [-0.05, 0) is 41.3 Å². The monoisotopic (exact) mass is 285 g/mol. The molecule has 4 heteroatoms. The highest BCUT2D eigenvalue weighted by molar-refractivity contribution is 9.11. The molecule has 1 aromatic heterocycles. The van der Waals surface area contributed by atoms with E-state index in [2.05, 4.69) is 15.9 Å². The van der Waals surface area contributed by atoms with Gasteiger partial charge in [-0.25, -0.2) is 0 Å². The number of fused-ring (bicyclic) bond motifs is 2. The van der Waals surface area contributed by atoms with Gasteiger partial charge in [0.1, 0.15) is 0 Å². The summed E-state index contributed by atoms with van der Waals surface area (Å²) < 4.78 is 1.13. The van der Waals surface area contributed by atoms with Crippen molar-refractivity contribution in [2.45, 2.75) is 25.2 Å². The minimum Gasteiger partial charge on any atom is -0.341 e. The Morgan fingerprint density at radius 1 is 1.47 bits per heavy atom. The lowest BCUT2D eigenvalue weighted by Gasteiger charge is -2.30. The van der Waals surface area contributed by atoms with Gasteiger partial charge in [0, 0.05) is 23.9 Å². The molecule has 1 aromatic rings. The molecular weight excluding hydrogens is 274 g/mol. The zero-order chi connectivity index (χ0) is 10.8. The van der Waals surface area contributed by atoms with E-state index in [1.807, 2.05) is 18.9 Å². The maximum atomic E-state index is 12.1. The van der Waals surface area contributed by atoms with Crippen molar-refractivity contribution >= 4 is 33.2 Å². The number of halogens is 1. The summed E-state index contributed by atoms with van der Waals surface area (Å²) in [6.07, 6.45) is 2.48. The van der Waals surface area contributed by atoms with E-state index in [-0.39, 0.29) is 5.91 Å². The minimum atomic E-state index is 0.196. The number of likely N-dealkylation sites (N-methyl/N-ethyl adjacent to an activating group) is 1. The van der Waals surface area contributed by atoms with Gasteiger partial charge in [0.15, 0.2) is 0 Å². The first-order valence-electron chi connectivity index (χ1n) is 5.10. The second-order valence-electron chi connectivity index (χ2n) is 4.65. The van der Waals surface area contributed by atoms with Crippen LogP contribution in [-0.4, -0.2) is 24.4 Å². The molecule has 3 rings (SSSR count). The largest absolute Gasteiger partial charge is 0.341 e. The molecule has 1 amide bonds. The third-order valence-electron chi connectivity index (χ3n) is 3.52. The Bertz CT molecular complexity index is 461. The third kappa shape index (κ3) is 1.18. The molecule has 15 heavy (non-hydrogen) atoms. The molecule has 0 N–H and O–H groups in total. The first-order valence-corrected chi connectivity index (χ1v) is 6.71. The van der Waals surface area contributed by atoms with E-state index in [0.29, 0.717) is 5.41 Å². The number of thiophene rings is 1. The van der Waals surface area contributed by atoms with E-state index in [4.69, 9.17) is 0 Å². The van der Waals surface area contributed by atoms with Crippen LogP contribution in [0.4, 0.5) is 0 Å². The van der Waals surface area contributed by atoms with Crippen LogP contribution < -0.4 is 0 Å². The fourth-order valence-corrected chi connectivity index (χ4v) is 4.39. The average molecular weight is 286 g/mol. The summed E-state index contributed by atoms with van der Waals surface area (Å²) in [4.78, 5) is 15.3. The fourth-order valence-electron chi connectivity index (χ4n) is 2.44. The van der Waals surface area contributed by atoms with Crippen molar-refractivity contribution in [3.8, 4) is 0 Å². The molecule has 1 aliphatic heterocycles. The lowest BCUT2D eigenvalue weighted by molar-refractivity contribution is 0.0760. The normalized spacial score (nSPS) is 22.1. The van der Waals surface area contributed by atoms with Crippen molar-refractivity contribution in [2.75, 3.05) is 13.6 Å². The molecule has 0 saturated heterocycles. The molecule has 0 aromatic carbocycles. The Kier molecular flexibility index (Phi) is 1.88. The quantitative estimate of drug-likeness (QED) is 0.718. The van der Waals surface area contributed by atoms with E-state index in [9.17, 15) is 4.79 Å². The van der Waals surface area contributed by atoms with Crippen molar-refractivity contribution in [1.29, 1.82) is 0 Å². The molecule has 0 unspecified atom stereocenters. The predicted octanol–water partition coefficient (Wildman–Crippen LogP) is 2.94. The summed E-state index contributed by atoms with van der Waals surface area (Å²) in [5.74, 6) is 0.196. The number of hydrogen-bond acceptors (Lipinski definition) is 2. The van der Waals surface area contributed by atoms with Crippen LogP contribution in [0.5, 0.6) is 0 Å². The van der Waals surface area contributed by atoms with Crippen LogP contribution in [0.3, 0.4) is 0 Å². The highest BCUT2D eigenvalue weighted by Gasteiger charge is 2.52. The summed E-state index contributed by atoms with van der Waals surface area (Å²) in [7, 11) is 1.91. The lowest BCUT2D eigenvalue weighted by atomic mass is 9.93. The minimum absolute atomic E-state index is 0.196. The topological polar surface area (TPSA) is 20.3 Å². The van der Waals surface area contributed by atoms with Crippen LogP contribution in [-0.2, 0) is 5.41 Å². The molecule has 1 aliphatic carbocycles. The van der Waals surface area contributed by atoms with Crippen LogP contribution in [0.2, 0.25) is 0 Å². The molecule has 2 nitrogen and oxygen atoms in total. The number of amides is 1. The van der Waals surface area contributed by atoms with Crippen LogP contribution in [0.15, 0.2) is 3.79 Å². The Hall–Kier alpha value is -0.350. The van der Waals surface area contributed by atoms with Crippen molar-refractivity contribution in [3.05, 3.63) is 19.8 Å². The molecule has 1 spiro atoms. The predicted molar refractivity (Wildman–Crippen MR) is 64.6 cm³/mol. The molecular formula is C11H12BrNOS. The van der Waals surface area contributed by atoms with Crippen molar-refractivity contribution in [3.63, 3.8) is 0 Å². The van der Waals surface area contributed by atoms with Crippen LogP contribution >= 0.6 is 27.3 Å². The van der Waals surface area contributed by atoms with Gasteiger partial charge in [-0.2, -0.15) is 0 Å². The molecule has 2 heterocycles. The Labute approximate surface area is 101 Å². The highest BCUT2D eigenvalue weighted by atomic mass is 79.9. The number of hydrogen-bond donors (Lipinski definition) is 0. The summed E-state index contributed by atoms with van der Waals surface area (Å²) >= 11 is 5.31. The van der Waals surface area contributed by atoms with E-state index in [1.165, 1.54) is 17.7 Å². The van der Waals surface area contributed by atoms with E-state index in [0.717, 1.165) is 21.5 Å². The van der Waals surface area contributed by atoms with Gasteiger partial charge in [0.05, 0.1) is 9.35 Å².